The van der Waals surface area contributed by atoms with Crippen molar-refractivity contribution in [2.75, 3.05) is 0 Å². The van der Waals surface area contributed by atoms with Crippen molar-refractivity contribution in [3.63, 3.8) is 0 Å². The Bertz CT molecular complexity index is 259. The molecule has 16 heavy (non-hydrogen) atoms. The summed E-state index contributed by atoms with van der Waals surface area (Å²) in [5, 5.41) is 8.43. The van der Waals surface area contributed by atoms with Crippen molar-refractivity contribution in [3.8, 4) is 0 Å². The highest BCUT2D eigenvalue weighted by atomic mass is 32.2. The molecule has 0 spiro atoms. The molecule has 0 aromatic carbocycles. The van der Waals surface area contributed by atoms with Crippen LogP contribution >= 0.6 is 0 Å². The van der Waals surface area contributed by atoms with Crippen molar-refractivity contribution in [3.05, 3.63) is 0 Å². The van der Waals surface area contributed by atoms with E-state index in [9.17, 15) is 8.42 Å². The second-order valence-corrected chi connectivity index (χ2v) is 6.11. The molecule has 0 aliphatic heterocycles. The van der Waals surface area contributed by atoms with Crippen LogP contribution in [0.4, 0.5) is 0 Å². The number of aliphatic hydroxyl groups excluding tert-OH is 1. The van der Waals surface area contributed by atoms with Crippen molar-refractivity contribution in [1.29, 1.82) is 0 Å². The molecule has 0 radical (unpaired) electrons. The van der Waals surface area contributed by atoms with E-state index in [0.717, 1.165) is 32.1 Å². The molecule has 0 heterocycles. The lowest BCUT2D eigenvalue weighted by Crippen LogP contribution is -2.20. The summed E-state index contributed by atoms with van der Waals surface area (Å²) in [5.41, 5.74) is 0. The Morgan fingerprint density at radius 1 is 1.06 bits per heavy atom. The van der Waals surface area contributed by atoms with Gasteiger partial charge in [-0.25, -0.2) is 0 Å². The Balaban J connectivity index is 3.78. The van der Waals surface area contributed by atoms with E-state index in [0.29, 0.717) is 12.8 Å². The summed E-state index contributed by atoms with van der Waals surface area (Å²) < 4.78 is 31.0. The zero-order valence-corrected chi connectivity index (χ0v) is 11.0. The molecule has 0 aliphatic carbocycles. The van der Waals surface area contributed by atoms with E-state index < -0.39 is 15.4 Å². The van der Waals surface area contributed by atoms with Gasteiger partial charge in [0, 0.05) is 0 Å². The molecule has 0 amide bonds. The van der Waals surface area contributed by atoms with Gasteiger partial charge >= 0.3 is 0 Å². The van der Waals surface area contributed by atoms with Gasteiger partial charge in [0.2, 0.25) is 0 Å². The van der Waals surface area contributed by atoms with E-state index in [1.54, 1.807) is 6.92 Å². The summed E-state index contributed by atoms with van der Waals surface area (Å²) in [5.74, 6) is 0. The van der Waals surface area contributed by atoms with Gasteiger partial charge in [-0.1, -0.05) is 32.6 Å². The van der Waals surface area contributed by atoms with E-state index in [1.807, 2.05) is 6.92 Å². The summed E-state index contributed by atoms with van der Waals surface area (Å²) in [4.78, 5) is 0. The summed E-state index contributed by atoms with van der Waals surface area (Å²) in [6.07, 6.45) is 4.87. The first kappa shape index (κ1) is 15.9. The minimum absolute atomic E-state index is 0.284. The average molecular weight is 252 g/mol. The molecule has 0 rings (SSSR count). The van der Waals surface area contributed by atoms with Crippen LogP contribution in [-0.2, 0) is 10.1 Å². The first-order valence-electron chi connectivity index (χ1n) is 6.02. The maximum Gasteiger partial charge on any atom is 0.267 e. The second kappa shape index (κ2) is 8.03. The quantitative estimate of drug-likeness (QED) is 0.488. The Morgan fingerprint density at radius 2 is 1.62 bits per heavy atom. The van der Waals surface area contributed by atoms with Gasteiger partial charge in [0.25, 0.3) is 10.1 Å². The molecule has 2 atom stereocenters. The van der Waals surface area contributed by atoms with Crippen molar-refractivity contribution in [2.24, 2.45) is 0 Å². The van der Waals surface area contributed by atoms with Crippen LogP contribution in [0.3, 0.4) is 0 Å². The molecule has 98 valence electrons. The molecular weight excluding hydrogens is 228 g/mol. The van der Waals surface area contributed by atoms with Crippen molar-refractivity contribution >= 4 is 10.1 Å². The maximum atomic E-state index is 11.0. The molecule has 2 unspecified atom stereocenters. The summed E-state index contributed by atoms with van der Waals surface area (Å²) in [6.45, 7) is 3.66. The number of unbranched alkanes of at least 4 members (excludes halogenated alkanes) is 2. The molecule has 0 saturated carbocycles. The van der Waals surface area contributed by atoms with Crippen LogP contribution in [0.15, 0.2) is 0 Å². The number of hydrogen-bond donors (Lipinski definition) is 2. The third kappa shape index (κ3) is 8.07. The maximum absolute atomic E-state index is 11.0. The molecule has 0 aromatic heterocycles. The van der Waals surface area contributed by atoms with Gasteiger partial charge in [-0.3, -0.25) is 4.55 Å². The van der Waals surface area contributed by atoms with E-state index in [1.165, 1.54) is 0 Å². The molecule has 0 aromatic rings. The second-order valence-electron chi connectivity index (χ2n) is 4.41. The van der Waals surface area contributed by atoms with Crippen LogP contribution in [0.25, 0.3) is 0 Å². The lowest BCUT2D eigenvalue weighted by molar-refractivity contribution is 0.180. The normalized spacial score (nSPS) is 16.0. The fraction of sp³-hybridized carbons (Fsp3) is 1.00. The van der Waals surface area contributed by atoms with Crippen LogP contribution in [0.2, 0.25) is 0 Å². The monoisotopic (exact) mass is 252 g/mol. The zero-order valence-electron chi connectivity index (χ0n) is 10.2. The predicted octanol–water partition coefficient (Wildman–Crippen LogP) is 2.37. The van der Waals surface area contributed by atoms with E-state index >= 15 is 0 Å². The van der Waals surface area contributed by atoms with Gasteiger partial charge in [0.05, 0.1) is 11.4 Å². The third-order valence-electron chi connectivity index (χ3n) is 2.68. The van der Waals surface area contributed by atoms with E-state index in [2.05, 4.69) is 0 Å². The van der Waals surface area contributed by atoms with Gasteiger partial charge in [-0.05, 0) is 26.2 Å². The lowest BCUT2D eigenvalue weighted by atomic mass is 10.1. The number of rotatable bonds is 9. The topological polar surface area (TPSA) is 74.6 Å². The Labute approximate surface area is 98.8 Å². The molecule has 0 aliphatic rings. The van der Waals surface area contributed by atoms with Crippen LogP contribution in [0, 0.1) is 0 Å². The Kier molecular flexibility index (Phi) is 7.97. The first-order chi connectivity index (χ1) is 7.38. The van der Waals surface area contributed by atoms with Crippen molar-refractivity contribution in [1.82, 2.24) is 0 Å². The van der Waals surface area contributed by atoms with Gasteiger partial charge in [0.1, 0.15) is 0 Å². The van der Waals surface area contributed by atoms with Crippen molar-refractivity contribution < 1.29 is 18.1 Å². The van der Waals surface area contributed by atoms with Gasteiger partial charge < -0.3 is 5.11 Å². The fourth-order valence-corrected chi connectivity index (χ4v) is 2.75. The summed E-state index contributed by atoms with van der Waals surface area (Å²) in [6, 6.07) is 0. The van der Waals surface area contributed by atoms with Gasteiger partial charge in [-0.15, -0.1) is 0 Å². The fourth-order valence-electron chi connectivity index (χ4n) is 1.75. The molecule has 2 N–H and O–H groups in total. The molecular formula is C11H24O4S. The summed E-state index contributed by atoms with van der Waals surface area (Å²) >= 11 is 0. The van der Waals surface area contributed by atoms with Gasteiger partial charge in [-0.2, -0.15) is 8.42 Å². The molecule has 0 bridgehead atoms. The van der Waals surface area contributed by atoms with Crippen molar-refractivity contribution in [2.45, 2.75) is 70.1 Å². The minimum atomic E-state index is -3.88. The lowest BCUT2D eigenvalue weighted by Gasteiger charge is -2.12. The van der Waals surface area contributed by atoms with Crippen LogP contribution in [-0.4, -0.2) is 29.4 Å². The minimum Gasteiger partial charge on any atom is -0.393 e. The van der Waals surface area contributed by atoms with Crippen LogP contribution in [0.1, 0.15) is 58.8 Å². The average Bonchev–Trinajstić information content (AvgIpc) is 2.13. The van der Waals surface area contributed by atoms with E-state index in [-0.39, 0.29) is 6.10 Å². The van der Waals surface area contributed by atoms with Crippen LogP contribution < -0.4 is 0 Å². The number of hydrogen-bond acceptors (Lipinski definition) is 3. The zero-order chi connectivity index (χ0) is 12.6. The predicted molar refractivity (Wildman–Crippen MR) is 65.0 cm³/mol. The summed E-state index contributed by atoms with van der Waals surface area (Å²) in [7, 11) is -3.88. The van der Waals surface area contributed by atoms with Gasteiger partial charge in [0.15, 0.2) is 0 Å². The molecule has 5 heteroatoms. The first-order valence-corrected chi connectivity index (χ1v) is 7.52. The highest BCUT2D eigenvalue weighted by Gasteiger charge is 2.20. The molecule has 0 fully saturated rings. The highest BCUT2D eigenvalue weighted by Crippen LogP contribution is 2.16. The Hall–Kier alpha value is -0.130. The smallest absolute Gasteiger partial charge is 0.267 e. The standard InChI is InChI=1S/C11H24O4S/c1-3-7-11(16(13,14)15)9-6-4-5-8-10(2)12/h10-12H,3-9H2,1-2H3,(H,13,14,15). The SMILES string of the molecule is CCCC(CCCCCC(C)O)S(=O)(=O)O. The number of aliphatic hydroxyl groups is 1. The van der Waals surface area contributed by atoms with E-state index in [4.69, 9.17) is 9.66 Å². The Morgan fingerprint density at radius 3 is 2.06 bits per heavy atom. The largest absolute Gasteiger partial charge is 0.393 e. The third-order valence-corrected chi connectivity index (χ3v) is 3.99. The molecule has 0 saturated heterocycles. The van der Waals surface area contributed by atoms with Crippen LogP contribution in [0.5, 0.6) is 0 Å². The molecule has 4 nitrogen and oxygen atoms in total. The highest BCUT2D eigenvalue weighted by molar-refractivity contribution is 7.86.